The Hall–Kier alpha value is -0.510. The van der Waals surface area contributed by atoms with Crippen LogP contribution in [0.5, 0.6) is 0 Å². The third-order valence-corrected chi connectivity index (χ3v) is 12.8. The number of carboxylic acids is 1. The number of allylic oxidation sites excluding steroid dienone is 5. The maximum absolute atomic E-state index is 12.5. The number of hydrogen-bond acceptors (Lipinski definition) is 4. The number of aromatic nitrogens is 1. The smallest absolute Gasteiger partial charge is 0.325 e. The van der Waals surface area contributed by atoms with Gasteiger partial charge in [0.15, 0.2) is 0 Å². The predicted molar refractivity (Wildman–Crippen MR) is 181 cm³/mol. The summed E-state index contributed by atoms with van der Waals surface area (Å²) in [6.45, 7) is 7.30. The Kier molecular flexibility index (Phi) is 12.2. The average molecular weight is 775 g/mol. The van der Waals surface area contributed by atoms with Crippen LogP contribution in [0, 0.1) is 5.92 Å². The molecular weight excluding hydrogens is 731 g/mol. The lowest BCUT2D eigenvalue weighted by molar-refractivity contribution is -0.143. The molecule has 2 fully saturated rings. The minimum Gasteiger partial charge on any atom is -0.480 e. The van der Waals surface area contributed by atoms with Crippen molar-refractivity contribution in [1.82, 2.24) is 13.0 Å². The molecular formula is C31H44I2N3O2P. The predicted octanol–water partition coefficient (Wildman–Crippen LogP) is 8.59. The van der Waals surface area contributed by atoms with Crippen LogP contribution in [-0.4, -0.2) is 49.4 Å². The molecule has 4 rings (SSSR count). The zero-order valence-corrected chi connectivity index (χ0v) is 28.9. The molecule has 5 nitrogen and oxygen atoms in total. The Balaban J connectivity index is 1.28. The summed E-state index contributed by atoms with van der Waals surface area (Å²) >= 11 is 4.90. The number of hydrogen-bond donors (Lipinski definition) is 1. The normalized spacial score (nSPS) is 22.3. The van der Waals surface area contributed by atoms with Crippen LogP contribution in [0.2, 0.25) is 0 Å². The van der Waals surface area contributed by atoms with E-state index in [0.717, 1.165) is 56.6 Å². The lowest BCUT2D eigenvalue weighted by Gasteiger charge is -2.31. The maximum atomic E-state index is 12.5. The summed E-state index contributed by atoms with van der Waals surface area (Å²) in [6.07, 6.45) is 18.2. The van der Waals surface area contributed by atoms with Crippen molar-refractivity contribution in [2.24, 2.45) is 5.92 Å². The van der Waals surface area contributed by atoms with Gasteiger partial charge in [0.1, 0.15) is 6.04 Å². The van der Waals surface area contributed by atoms with Crippen molar-refractivity contribution in [3.63, 3.8) is 0 Å². The van der Waals surface area contributed by atoms with Gasteiger partial charge in [0.2, 0.25) is 0 Å². The highest BCUT2D eigenvalue weighted by molar-refractivity contribution is 14.1. The molecule has 2 aliphatic heterocycles. The Morgan fingerprint density at radius 3 is 2.72 bits per heavy atom. The fraction of sp³-hybridized carbons (Fsp3) is 0.613. The number of rotatable bonds is 12. The van der Waals surface area contributed by atoms with E-state index in [-0.39, 0.29) is 0 Å². The SMILES string of the molecule is CC(C)=C(/C=C\C1=C(I)N(I)CCC1)CCCCC(P)[C@@H]1CCN(C(C(=O)O)c2cccnc2C2CCC2)C1. The molecule has 8 heteroatoms. The van der Waals surface area contributed by atoms with Crippen LogP contribution in [-0.2, 0) is 4.79 Å². The third kappa shape index (κ3) is 8.29. The summed E-state index contributed by atoms with van der Waals surface area (Å²) in [5.74, 6) is 0.220. The van der Waals surface area contributed by atoms with E-state index in [9.17, 15) is 9.90 Å². The Labute approximate surface area is 265 Å². The fourth-order valence-corrected chi connectivity index (χ4v) is 8.01. The molecule has 0 bridgehead atoms. The Morgan fingerprint density at radius 2 is 2.03 bits per heavy atom. The second-order valence-corrected chi connectivity index (χ2v) is 14.7. The van der Waals surface area contributed by atoms with Gasteiger partial charge in [-0.1, -0.05) is 36.6 Å². The van der Waals surface area contributed by atoms with Gasteiger partial charge in [-0.2, -0.15) is 0 Å². The Bertz CT molecular complexity index is 1100. The van der Waals surface area contributed by atoms with Gasteiger partial charge in [-0.05, 0) is 123 Å². The molecule has 3 heterocycles. The van der Waals surface area contributed by atoms with E-state index in [1.165, 1.54) is 58.9 Å². The zero-order chi connectivity index (χ0) is 27.9. The van der Waals surface area contributed by atoms with Crippen LogP contribution in [0.1, 0.15) is 101 Å². The molecule has 1 N–H and O–H groups in total. The van der Waals surface area contributed by atoms with Gasteiger partial charge in [0.05, 0.1) is 26.6 Å². The summed E-state index contributed by atoms with van der Waals surface area (Å²) in [6, 6.07) is 3.33. The summed E-state index contributed by atoms with van der Waals surface area (Å²) < 4.78 is 3.70. The molecule has 214 valence electrons. The van der Waals surface area contributed by atoms with Gasteiger partial charge < -0.3 is 8.22 Å². The lowest BCUT2D eigenvalue weighted by Crippen LogP contribution is -2.34. The van der Waals surface area contributed by atoms with Gasteiger partial charge >= 0.3 is 5.97 Å². The summed E-state index contributed by atoms with van der Waals surface area (Å²) in [5.41, 5.74) is 6.80. The molecule has 1 aliphatic carbocycles. The standard InChI is InChI=1S/C31H44I2N3O2P/c1-21(2)22(14-15-24-11-7-18-36(33)30(24)32)8-3-4-13-27(39)25-16-19-35(20-25)29(31(37)38)26-12-6-17-34-28(26)23-9-5-10-23/h6,12,14-15,17,23,25,27,29H,3-5,7-11,13,16,18-20,39H2,1-2H3,(H,37,38)/b15-14-/t25-,27?,29?/m1/s1. The van der Waals surface area contributed by atoms with Crippen molar-refractivity contribution < 1.29 is 9.90 Å². The number of carboxylic acid groups (broad SMARTS) is 1. The van der Waals surface area contributed by atoms with Gasteiger partial charge in [0.25, 0.3) is 0 Å². The molecule has 1 saturated heterocycles. The quantitative estimate of drug-likeness (QED) is 0.0576. The van der Waals surface area contributed by atoms with E-state index in [1.807, 2.05) is 18.3 Å². The largest absolute Gasteiger partial charge is 0.480 e. The number of unbranched alkanes of at least 4 members (excludes halogenated alkanes) is 1. The second kappa shape index (κ2) is 15.1. The molecule has 3 aliphatic rings. The van der Waals surface area contributed by atoms with Crippen LogP contribution in [0.3, 0.4) is 0 Å². The van der Waals surface area contributed by atoms with E-state index in [0.29, 0.717) is 17.5 Å². The van der Waals surface area contributed by atoms with Crippen LogP contribution < -0.4 is 0 Å². The van der Waals surface area contributed by atoms with Crippen molar-refractivity contribution in [2.75, 3.05) is 19.6 Å². The first-order valence-corrected chi connectivity index (χ1v) is 17.3. The minimum absolute atomic E-state index is 0.431. The van der Waals surface area contributed by atoms with Crippen molar-refractivity contribution in [1.29, 1.82) is 0 Å². The topological polar surface area (TPSA) is 56.7 Å². The molecule has 1 aromatic heterocycles. The number of carbonyl (C=O) groups is 1. The summed E-state index contributed by atoms with van der Waals surface area (Å²) in [5, 5.41) is 10.2. The van der Waals surface area contributed by atoms with Crippen molar-refractivity contribution in [3.8, 4) is 0 Å². The van der Waals surface area contributed by atoms with Crippen molar-refractivity contribution >= 4 is 60.7 Å². The summed E-state index contributed by atoms with van der Waals surface area (Å²) in [4.78, 5) is 19.3. The molecule has 39 heavy (non-hydrogen) atoms. The van der Waals surface area contributed by atoms with Gasteiger partial charge in [-0.3, -0.25) is 14.7 Å². The zero-order valence-electron chi connectivity index (χ0n) is 23.4. The number of likely N-dealkylation sites (tertiary alicyclic amines) is 1. The second-order valence-electron chi connectivity index (χ2n) is 11.7. The molecule has 1 aromatic rings. The molecule has 3 unspecified atom stereocenters. The van der Waals surface area contributed by atoms with Crippen LogP contribution >= 0.6 is 54.7 Å². The molecule has 1 saturated carbocycles. The van der Waals surface area contributed by atoms with E-state index in [4.69, 9.17) is 0 Å². The number of halogens is 2. The monoisotopic (exact) mass is 775 g/mol. The van der Waals surface area contributed by atoms with Crippen LogP contribution in [0.4, 0.5) is 0 Å². The van der Waals surface area contributed by atoms with E-state index < -0.39 is 12.0 Å². The number of pyridine rings is 1. The molecule has 0 spiro atoms. The van der Waals surface area contributed by atoms with Gasteiger partial charge in [-0.25, -0.2) is 0 Å². The molecule has 0 amide bonds. The Morgan fingerprint density at radius 1 is 1.23 bits per heavy atom. The highest BCUT2D eigenvalue weighted by Gasteiger charge is 2.38. The fourth-order valence-electron chi connectivity index (χ4n) is 6.12. The molecule has 0 radical (unpaired) electrons. The van der Waals surface area contributed by atoms with Crippen molar-refractivity contribution in [3.05, 3.63) is 62.2 Å². The number of aliphatic carboxylic acids is 1. The first-order valence-electron chi connectivity index (χ1n) is 14.6. The van der Waals surface area contributed by atoms with Crippen LogP contribution in [0.25, 0.3) is 0 Å². The molecule has 4 atom stereocenters. The number of nitrogens with zero attached hydrogens (tertiary/aromatic N) is 3. The lowest BCUT2D eigenvalue weighted by atomic mass is 9.80. The highest BCUT2D eigenvalue weighted by Crippen LogP contribution is 2.41. The highest BCUT2D eigenvalue weighted by atomic mass is 127. The van der Waals surface area contributed by atoms with Gasteiger partial charge in [-0.15, -0.1) is 9.24 Å². The van der Waals surface area contributed by atoms with E-state index >= 15 is 0 Å². The van der Waals surface area contributed by atoms with Gasteiger partial charge in [0, 0.05) is 36.5 Å². The van der Waals surface area contributed by atoms with Crippen LogP contribution in [0.15, 0.2) is 50.9 Å². The third-order valence-electron chi connectivity index (χ3n) is 8.76. The van der Waals surface area contributed by atoms with E-state index in [2.05, 4.69) is 93.7 Å². The maximum Gasteiger partial charge on any atom is 0.325 e. The average Bonchev–Trinajstić information content (AvgIpc) is 3.35. The summed E-state index contributed by atoms with van der Waals surface area (Å²) in [7, 11) is 3.10. The molecule has 0 aromatic carbocycles. The first-order chi connectivity index (χ1) is 18.8. The van der Waals surface area contributed by atoms with Crippen molar-refractivity contribution in [2.45, 2.75) is 95.7 Å². The minimum atomic E-state index is -0.739. The van der Waals surface area contributed by atoms with E-state index in [1.54, 1.807) is 0 Å². The first kappa shape index (κ1) is 31.4.